The number of hydrogen-bond acceptors (Lipinski definition) is 3. The molecule has 0 saturated heterocycles. The number of anilines is 1. The van der Waals surface area contributed by atoms with Crippen LogP contribution in [0.15, 0.2) is 24.3 Å². The molecule has 1 amide bonds. The average Bonchev–Trinajstić information content (AvgIpc) is 2.50. The van der Waals surface area contributed by atoms with E-state index in [1.807, 2.05) is 31.2 Å². The third-order valence-electron chi connectivity index (χ3n) is 4.03. The van der Waals surface area contributed by atoms with E-state index < -0.39 is 0 Å². The molecule has 0 radical (unpaired) electrons. The first-order chi connectivity index (χ1) is 10.2. The summed E-state index contributed by atoms with van der Waals surface area (Å²) in [5, 5.41) is 6.45. The lowest BCUT2D eigenvalue weighted by molar-refractivity contribution is -0.122. The zero-order valence-electron chi connectivity index (χ0n) is 13.0. The first kappa shape index (κ1) is 15.8. The van der Waals surface area contributed by atoms with Crippen molar-refractivity contribution in [1.29, 1.82) is 0 Å². The number of carbonyl (C=O) groups excluding carboxylic acids is 1. The molecular weight excluding hydrogens is 264 g/mol. The molecule has 0 heterocycles. The summed E-state index contributed by atoms with van der Waals surface area (Å²) in [6.07, 6.45) is 5.97. The van der Waals surface area contributed by atoms with Gasteiger partial charge in [0, 0.05) is 24.4 Å². The van der Waals surface area contributed by atoms with Gasteiger partial charge in [0.25, 0.3) is 0 Å². The highest BCUT2D eigenvalue weighted by atomic mass is 16.5. The SMILES string of the molecule is COCc1ccccc1NC(C)C(=O)NC1CCCCC1. The van der Waals surface area contributed by atoms with Crippen molar-refractivity contribution < 1.29 is 9.53 Å². The van der Waals surface area contributed by atoms with Crippen LogP contribution in [-0.2, 0) is 16.1 Å². The van der Waals surface area contributed by atoms with Gasteiger partial charge < -0.3 is 15.4 Å². The van der Waals surface area contributed by atoms with Crippen LogP contribution >= 0.6 is 0 Å². The highest BCUT2D eigenvalue weighted by Gasteiger charge is 2.19. The third kappa shape index (κ3) is 4.74. The number of rotatable bonds is 6. The predicted molar refractivity (Wildman–Crippen MR) is 85.3 cm³/mol. The molecular formula is C17H26N2O2. The summed E-state index contributed by atoms with van der Waals surface area (Å²) in [4.78, 5) is 12.3. The van der Waals surface area contributed by atoms with Crippen LogP contribution in [0.2, 0.25) is 0 Å². The fourth-order valence-corrected chi connectivity index (χ4v) is 2.81. The maximum atomic E-state index is 12.3. The molecule has 0 spiro atoms. The number of benzene rings is 1. The van der Waals surface area contributed by atoms with E-state index in [0.29, 0.717) is 12.6 Å². The van der Waals surface area contributed by atoms with Crippen LogP contribution in [0.25, 0.3) is 0 Å². The maximum Gasteiger partial charge on any atom is 0.242 e. The lowest BCUT2D eigenvalue weighted by atomic mass is 9.95. The number of ether oxygens (including phenoxy) is 1. The molecule has 0 aromatic heterocycles. The predicted octanol–water partition coefficient (Wildman–Crippen LogP) is 3.08. The van der Waals surface area contributed by atoms with Gasteiger partial charge in [0.05, 0.1) is 6.61 Å². The first-order valence-corrected chi connectivity index (χ1v) is 7.84. The first-order valence-electron chi connectivity index (χ1n) is 7.84. The molecule has 1 unspecified atom stereocenters. The highest BCUT2D eigenvalue weighted by Crippen LogP contribution is 2.19. The van der Waals surface area contributed by atoms with Gasteiger partial charge in [-0.1, -0.05) is 37.5 Å². The number of amides is 1. The summed E-state index contributed by atoms with van der Waals surface area (Å²) in [5.74, 6) is 0.0779. The topological polar surface area (TPSA) is 50.4 Å². The minimum Gasteiger partial charge on any atom is -0.380 e. The van der Waals surface area contributed by atoms with Crippen molar-refractivity contribution in [3.05, 3.63) is 29.8 Å². The normalized spacial score (nSPS) is 17.2. The molecule has 1 aliphatic rings. The number of para-hydroxylation sites is 1. The second-order valence-corrected chi connectivity index (χ2v) is 5.80. The van der Waals surface area contributed by atoms with Crippen molar-refractivity contribution in [1.82, 2.24) is 5.32 Å². The van der Waals surface area contributed by atoms with E-state index >= 15 is 0 Å². The Morgan fingerprint density at radius 3 is 2.71 bits per heavy atom. The molecule has 0 bridgehead atoms. The van der Waals surface area contributed by atoms with Gasteiger partial charge in [-0.3, -0.25) is 4.79 Å². The van der Waals surface area contributed by atoms with Crippen LogP contribution in [0.5, 0.6) is 0 Å². The number of carbonyl (C=O) groups is 1. The van der Waals surface area contributed by atoms with E-state index in [9.17, 15) is 4.79 Å². The molecule has 1 saturated carbocycles. The smallest absolute Gasteiger partial charge is 0.242 e. The van der Waals surface area contributed by atoms with Crippen LogP contribution < -0.4 is 10.6 Å². The van der Waals surface area contributed by atoms with E-state index in [-0.39, 0.29) is 11.9 Å². The summed E-state index contributed by atoms with van der Waals surface area (Å²) in [7, 11) is 1.68. The molecule has 1 fully saturated rings. The molecule has 4 heteroatoms. The van der Waals surface area contributed by atoms with Gasteiger partial charge >= 0.3 is 0 Å². The highest BCUT2D eigenvalue weighted by molar-refractivity contribution is 5.84. The Labute approximate surface area is 127 Å². The molecule has 21 heavy (non-hydrogen) atoms. The summed E-state index contributed by atoms with van der Waals surface area (Å²) < 4.78 is 5.19. The molecule has 1 atom stereocenters. The monoisotopic (exact) mass is 290 g/mol. The summed E-state index contributed by atoms with van der Waals surface area (Å²) in [6, 6.07) is 8.05. The Bertz CT molecular complexity index is 456. The van der Waals surface area contributed by atoms with Crippen molar-refractivity contribution in [3.63, 3.8) is 0 Å². The lowest BCUT2D eigenvalue weighted by Crippen LogP contribution is -2.44. The summed E-state index contributed by atoms with van der Waals surface area (Å²) in [6.45, 7) is 2.45. The lowest BCUT2D eigenvalue weighted by Gasteiger charge is -2.25. The molecule has 1 aromatic carbocycles. The van der Waals surface area contributed by atoms with Gasteiger partial charge in [-0.15, -0.1) is 0 Å². The van der Waals surface area contributed by atoms with Crippen molar-refractivity contribution in [2.24, 2.45) is 0 Å². The van der Waals surface area contributed by atoms with Crippen LogP contribution in [0.1, 0.15) is 44.6 Å². The van der Waals surface area contributed by atoms with Crippen molar-refractivity contribution in [2.45, 2.75) is 57.7 Å². The quantitative estimate of drug-likeness (QED) is 0.846. The van der Waals surface area contributed by atoms with Gasteiger partial charge in [-0.05, 0) is 25.8 Å². The van der Waals surface area contributed by atoms with E-state index in [0.717, 1.165) is 24.1 Å². The Kier molecular flexibility index (Phi) is 6.05. The minimum atomic E-state index is -0.245. The van der Waals surface area contributed by atoms with Crippen LogP contribution in [0.4, 0.5) is 5.69 Å². The standard InChI is InChI=1S/C17H26N2O2/c1-13(17(20)19-15-9-4-3-5-10-15)18-16-11-7-6-8-14(16)12-21-2/h6-8,11,13,15,18H,3-5,9-10,12H2,1-2H3,(H,19,20). The molecule has 1 aromatic rings. The number of nitrogens with one attached hydrogen (secondary N) is 2. The maximum absolute atomic E-state index is 12.3. The van der Waals surface area contributed by atoms with Gasteiger partial charge in [0.1, 0.15) is 6.04 Å². The molecule has 2 N–H and O–H groups in total. The largest absolute Gasteiger partial charge is 0.380 e. The van der Waals surface area contributed by atoms with Crippen LogP contribution in [0.3, 0.4) is 0 Å². The molecule has 2 rings (SSSR count). The van der Waals surface area contributed by atoms with Gasteiger partial charge in [0.2, 0.25) is 5.91 Å². The average molecular weight is 290 g/mol. The van der Waals surface area contributed by atoms with Gasteiger partial charge in [-0.2, -0.15) is 0 Å². The van der Waals surface area contributed by atoms with Crippen molar-refractivity contribution >= 4 is 11.6 Å². The Balaban J connectivity index is 1.90. The second kappa shape index (κ2) is 8.03. The molecule has 4 nitrogen and oxygen atoms in total. The zero-order valence-corrected chi connectivity index (χ0v) is 13.0. The van der Waals surface area contributed by atoms with Gasteiger partial charge in [0.15, 0.2) is 0 Å². The second-order valence-electron chi connectivity index (χ2n) is 5.80. The minimum absolute atomic E-state index is 0.0779. The summed E-state index contributed by atoms with van der Waals surface area (Å²) >= 11 is 0. The molecule has 116 valence electrons. The fraction of sp³-hybridized carbons (Fsp3) is 0.588. The number of methoxy groups -OCH3 is 1. The van der Waals surface area contributed by atoms with Crippen molar-refractivity contribution in [3.8, 4) is 0 Å². The Hall–Kier alpha value is -1.55. The summed E-state index contributed by atoms with van der Waals surface area (Å²) in [5.41, 5.74) is 2.03. The van der Waals surface area contributed by atoms with Gasteiger partial charge in [-0.25, -0.2) is 0 Å². The van der Waals surface area contributed by atoms with Crippen molar-refractivity contribution in [2.75, 3.05) is 12.4 Å². The van der Waals surface area contributed by atoms with E-state index in [1.54, 1.807) is 7.11 Å². The molecule has 0 aliphatic heterocycles. The Morgan fingerprint density at radius 2 is 2.00 bits per heavy atom. The third-order valence-corrected chi connectivity index (χ3v) is 4.03. The Morgan fingerprint density at radius 1 is 1.29 bits per heavy atom. The van der Waals surface area contributed by atoms with E-state index in [2.05, 4.69) is 10.6 Å². The molecule has 1 aliphatic carbocycles. The fourth-order valence-electron chi connectivity index (χ4n) is 2.81. The van der Waals surface area contributed by atoms with E-state index in [4.69, 9.17) is 4.74 Å². The number of hydrogen-bond donors (Lipinski definition) is 2. The van der Waals surface area contributed by atoms with Crippen LogP contribution in [0, 0.1) is 0 Å². The zero-order chi connectivity index (χ0) is 15.1. The van der Waals surface area contributed by atoms with E-state index in [1.165, 1.54) is 19.3 Å². The van der Waals surface area contributed by atoms with Crippen LogP contribution in [-0.4, -0.2) is 25.1 Å².